The number of methoxy groups -OCH3 is 1. The van der Waals surface area contributed by atoms with Crippen molar-refractivity contribution < 1.29 is 14.3 Å². The number of amides is 1. The first kappa shape index (κ1) is 14.5. The summed E-state index contributed by atoms with van der Waals surface area (Å²) in [5.41, 5.74) is 5.87. The first-order chi connectivity index (χ1) is 8.70. The van der Waals surface area contributed by atoms with Crippen LogP contribution in [0, 0.1) is 0 Å². The average molecular weight is 252 g/mol. The zero-order valence-corrected chi connectivity index (χ0v) is 10.9. The maximum absolute atomic E-state index is 12.2. The molecular formula is C13H20N2O3. The van der Waals surface area contributed by atoms with E-state index in [1.165, 1.54) is 0 Å². The third-order valence-corrected chi connectivity index (χ3v) is 2.52. The molecule has 0 saturated heterocycles. The van der Waals surface area contributed by atoms with E-state index in [0.29, 0.717) is 37.6 Å². The van der Waals surface area contributed by atoms with Gasteiger partial charge in [0, 0.05) is 20.1 Å². The fourth-order valence-corrected chi connectivity index (χ4v) is 1.52. The fourth-order valence-electron chi connectivity index (χ4n) is 1.52. The van der Waals surface area contributed by atoms with Crippen LogP contribution in [0.4, 0.5) is 0 Å². The zero-order chi connectivity index (χ0) is 13.4. The summed E-state index contributed by atoms with van der Waals surface area (Å²) in [6, 6.07) is 7.17. The minimum Gasteiger partial charge on any atom is -0.496 e. The van der Waals surface area contributed by atoms with Crippen LogP contribution >= 0.6 is 0 Å². The molecule has 0 spiro atoms. The van der Waals surface area contributed by atoms with Crippen LogP contribution in [0.15, 0.2) is 24.3 Å². The number of nitrogens with zero attached hydrogens (tertiary/aromatic N) is 1. The number of carbonyl (C=O) groups is 1. The summed E-state index contributed by atoms with van der Waals surface area (Å²) in [6.07, 6.45) is 0. The van der Waals surface area contributed by atoms with E-state index in [9.17, 15) is 4.79 Å². The van der Waals surface area contributed by atoms with Gasteiger partial charge in [0.1, 0.15) is 5.75 Å². The van der Waals surface area contributed by atoms with Crippen LogP contribution in [0.2, 0.25) is 0 Å². The highest BCUT2D eigenvalue weighted by atomic mass is 16.5. The molecule has 5 nitrogen and oxygen atoms in total. The van der Waals surface area contributed by atoms with Crippen LogP contribution in [-0.4, -0.2) is 51.3 Å². The van der Waals surface area contributed by atoms with E-state index in [1.54, 1.807) is 31.2 Å². The van der Waals surface area contributed by atoms with Crippen LogP contribution in [0.25, 0.3) is 0 Å². The largest absolute Gasteiger partial charge is 0.496 e. The van der Waals surface area contributed by atoms with E-state index < -0.39 is 0 Å². The van der Waals surface area contributed by atoms with Crippen molar-refractivity contribution in [2.45, 2.75) is 0 Å². The van der Waals surface area contributed by atoms with Gasteiger partial charge in [0.25, 0.3) is 5.91 Å². The molecule has 0 fully saturated rings. The number of likely N-dealkylation sites (N-methyl/N-ethyl adjacent to an activating group) is 1. The third-order valence-electron chi connectivity index (χ3n) is 2.52. The molecule has 1 aromatic carbocycles. The molecule has 100 valence electrons. The smallest absolute Gasteiger partial charge is 0.257 e. The molecule has 0 unspecified atom stereocenters. The highest BCUT2D eigenvalue weighted by Gasteiger charge is 2.15. The molecule has 0 aromatic heterocycles. The summed E-state index contributed by atoms with van der Waals surface area (Å²) >= 11 is 0. The summed E-state index contributed by atoms with van der Waals surface area (Å²) in [7, 11) is 3.29. The summed E-state index contributed by atoms with van der Waals surface area (Å²) in [6.45, 7) is 2.01. The van der Waals surface area contributed by atoms with Gasteiger partial charge in [-0.3, -0.25) is 4.79 Å². The van der Waals surface area contributed by atoms with Gasteiger partial charge in [-0.1, -0.05) is 12.1 Å². The number of benzene rings is 1. The van der Waals surface area contributed by atoms with Crippen LogP contribution in [0.5, 0.6) is 5.75 Å². The summed E-state index contributed by atoms with van der Waals surface area (Å²) in [5.74, 6) is 0.501. The van der Waals surface area contributed by atoms with Gasteiger partial charge in [-0.15, -0.1) is 0 Å². The Morgan fingerprint density at radius 2 is 2.06 bits per heavy atom. The number of carbonyl (C=O) groups excluding carboxylic acids is 1. The monoisotopic (exact) mass is 252 g/mol. The van der Waals surface area contributed by atoms with Crippen molar-refractivity contribution in [2.24, 2.45) is 5.73 Å². The van der Waals surface area contributed by atoms with Crippen molar-refractivity contribution in [3.8, 4) is 5.75 Å². The topological polar surface area (TPSA) is 64.8 Å². The van der Waals surface area contributed by atoms with Crippen molar-refractivity contribution in [3.63, 3.8) is 0 Å². The molecule has 0 saturated carbocycles. The van der Waals surface area contributed by atoms with E-state index in [-0.39, 0.29) is 5.91 Å². The second-order valence-corrected chi connectivity index (χ2v) is 3.83. The van der Waals surface area contributed by atoms with Gasteiger partial charge in [0.05, 0.1) is 25.9 Å². The highest BCUT2D eigenvalue weighted by Crippen LogP contribution is 2.18. The fraction of sp³-hybridized carbons (Fsp3) is 0.462. The summed E-state index contributed by atoms with van der Waals surface area (Å²) in [5, 5.41) is 0. The van der Waals surface area contributed by atoms with Crippen molar-refractivity contribution in [2.75, 3.05) is 40.5 Å². The summed E-state index contributed by atoms with van der Waals surface area (Å²) in [4.78, 5) is 13.8. The van der Waals surface area contributed by atoms with Crippen molar-refractivity contribution in [1.29, 1.82) is 0 Å². The Labute approximate surface area is 107 Å². The molecule has 18 heavy (non-hydrogen) atoms. The Bertz CT molecular complexity index is 382. The highest BCUT2D eigenvalue weighted by molar-refractivity contribution is 5.96. The SMILES string of the molecule is COc1ccccc1C(=O)N(C)CCOCCN. The maximum atomic E-state index is 12.2. The van der Waals surface area contributed by atoms with E-state index in [1.807, 2.05) is 12.1 Å². The Balaban J connectivity index is 2.57. The van der Waals surface area contributed by atoms with E-state index in [2.05, 4.69) is 0 Å². The number of nitrogens with two attached hydrogens (primary N) is 1. The van der Waals surface area contributed by atoms with Gasteiger partial charge in [0.15, 0.2) is 0 Å². The van der Waals surface area contributed by atoms with Crippen molar-refractivity contribution in [1.82, 2.24) is 4.90 Å². The van der Waals surface area contributed by atoms with Crippen molar-refractivity contribution in [3.05, 3.63) is 29.8 Å². The van der Waals surface area contributed by atoms with Gasteiger partial charge in [-0.25, -0.2) is 0 Å². The molecule has 1 rings (SSSR count). The molecule has 1 aromatic rings. The zero-order valence-electron chi connectivity index (χ0n) is 10.9. The molecule has 0 atom stereocenters. The quantitative estimate of drug-likeness (QED) is 0.727. The van der Waals surface area contributed by atoms with E-state index in [0.717, 1.165) is 0 Å². The molecule has 0 aliphatic heterocycles. The Morgan fingerprint density at radius 1 is 1.33 bits per heavy atom. The van der Waals surface area contributed by atoms with Crippen LogP contribution in [-0.2, 0) is 4.74 Å². The number of para-hydroxylation sites is 1. The second-order valence-electron chi connectivity index (χ2n) is 3.83. The first-order valence-corrected chi connectivity index (χ1v) is 5.87. The van der Waals surface area contributed by atoms with Crippen LogP contribution < -0.4 is 10.5 Å². The van der Waals surface area contributed by atoms with Gasteiger partial charge >= 0.3 is 0 Å². The van der Waals surface area contributed by atoms with Gasteiger partial charge in [-0.05, 0) is 12.1 Å². The molecule has 0 radical (unpaired) electrons. The van der Waals surface area contributed by atoms with Gasteiger partial charge < -0.3 is 20.1 Å². The Kier molecular flexibility index (Phi) is 6.18. The standard InChI is InChI=1S/C13H20N2O3/c1-15(8-10-18-9-7-14)13(16)11-5-3-4-6-12(11)17-2/h3-6H,7-10,14H2,1-2H3. The lowest BCUT2D eigenvalue weighted by Gasteiger charge is -2.18. The molecule has 1 amide bonds. The lowest BCUT2D eigenvalue weighted by atomic mass is 10.2. The average Bonchev–Trinajstić information content (AvgIpc) is 2.42. The molecule has 5 heteroatoms. The number of rotatable bonds is 7. The van der Waals surface area contributed by atoms with E-state index in [4.69, 9.17) is 15.2 Å². The van der Waals surface area contributed by atoms with Crippen LogP contribution in [0.1, 0.15) is 10.4 Å². The predicted octanol–water partition coefficient (Wildman–Crippen LogP) is 0.742. The lowest BCUT2D eigenvalue weighted by Crippen LogP contribution is -2.30. The summed E-state index contributed by atoms with van der Waals surface area (Å²) < 4.78 is 10.4. The molecule has 0 bridgehead atoms. The maximum Gasteiger partial charge on any atom is 0.257 e. The number of ether oxygens (including phenoxy) is 2. The molecule has 2 N–H and O–H groups in total. The molecule has 0 aliphatic rings. The van der Waals surface area contributed by atoms with Crippen LogP contribution in [0.3, 0.4) is 0 Å². The minimum atomic E-state index is -0.0798. The second kappa shape index (κ2) is 7.68. The minimum absolute atomic E-state index is 0.0798. The molecule has 0 aliphatic carbocycles. The van der Waals surface area contributed by atoms with Crippen molar-refractivity contribution >= 4 is 5.91 Å². The lowest BCUT2D eigenvalue weighted by molar-refractivity contribution is 0.0701. The number of hydrogen-bond acceptors (Lipinski definition) is 4. The number of hydrogen-bond donors (Lipinski definition) is 1. The third kappa shape index (κ3) is 4.01. The molecule has 0 heterocycles. The first-order valence-electron chi connectivity index (χ1n) is 5.87. The van der Waals surface area contributed by atoms with Gasteiger partial charge in [0.2, 0.25) is 0 Å². The normalized spacial score (nSPS) is 10.2. The Morgan fingerprint density at radius 3 is 2.72 bits per heavy atom. The van der Waals surface area contributed by atoms with Gasteiger partial charge in [-0.2, -0.15) is 0 Å². The Hall–Kier alpha value is -1.59. The van der Waals surface area contributed by atoms with E-state index >= 15 is 0 Å². The predicted molar refractivity (Wildman–Crippen MR) is 69.8 cm³/mol. The molecular weight excluding hydrogens is 232 g/mol.